The third kappa shape index (κ3) is 5.49. The number of quaternary nitrogens is 1. The van der Waals surface area contributed by atoms with Crippen LogP contribution in [-0.2, 0) is 11.3 Å². The predicted octanol–water partition coefficient (Wildman–Crippen LogP) is 2.40. The number of carbonyl (C=O) groups excluding carboxylic acids is 1. The van der Waals surface area contributed by atoms with Crippen molar-refractivity contribution in [2.24, 2.45) is 0 Å². The average molecular weight is 382 g/mol. The smallest absolute Gasteiger partial charge is 0.279 e. The fourth-order valence-corrected chi connectivity index (χ4v) is 3.68. The van der Waals surface area contributed by atoms with Crippen molar-refractivity contribution in [1.82, 2.24) is 0 Å². The Morgan fingerprint density at radius 3 is 2.25 bits per heavy atom. The standard InChI is InChI=1S/C23H32N4O/c1-4-26(17-19-7-11-21(12-8-19)25(2)3)18-23(28)24-20-9-13-22(14-10-20)27-15-5-6-16-27/h7-14H,4-6,15-18H2,1-3H3,(H,24,28)/p+1. The normalized spacial score (nSPS) is 14.8. The molecule has 0 aromatic heterocycles. The van der Waals surface area contributed by atoms with Gasteiger partial charge in [-0.15, -0.1) is 0 Å². The molecule has 1 amide bonds. The van der Waals surface area contributed by atoms with Crippen LogP contribution in [0.25, 0.3) is 0 Å². The molecule has 1 aliphatic rings. The molecule has 0 saturated carbocycles. The molecule has 1 unspecified atom stereocenters. The molecule has 150 valence electrons. The summed E-state index contributed by atoms with van der Waals surface area (Å²) in [5.41, 5.74) is 4.57. The number of benzene rings is 2. The summed E-state index contributed by atoms with van der Waals surface area (Å²) in [5, 5.41) is 3.05. The number of hydrogen-bond donors (Lipinski definition) is 2. The zero-order valence-electron chi connectivity index (χ0n) is 17.4. The molecular formula is C23H33N4O+. The van der Waals surface area contributed by atoms with E-state index in [4.69, 9.17) is 0 Å². The SMILES string of the molecule is CC[NH+](CC(=O)Nc1ccc(N2CCCC2)cc1)Cc1ccc(N(C)C)cc1. The Morgan fingerprint density at radius 2 is 1.68 bits per heavy atom. The topological polar surface area (TPSA) is 40.0 Å². The second-order valence-electron chi connectivity index (χ2n) is 7.81. The molecule has 1 aliphatic heterocycles. The van der Waals surface area contributed by atoms with Gasteiger partial charge in [-0.2, -0.15) is 0 Å². The average Bonchev–Trinajstić information content (AvgIpc) is 3.23. The van der Waals surface area contributed by atoms with Crippen LogP contribution in [0, 0.1) is 0 Å². The van der Waals surface area contributed by atoms with Gasteiger partial charge in [0, 0.05) is 49.8 Å². The number of amides is 1. The molecule has 1 saturated heterocycles. The van der Waals surface area contributed by atoms with Crippen molar-refractivity contribution in [3.05, 3.63) is 54.1 Å². The molecule has 1 fully saturated rings. The summed E-state index contributed by atoms with van der Waals surface area (Å²) in [4.78, 5) is 18.3. The van der Waals surface area contributed by atoms with Gasteiger partial charge in [0.25, 0.3) is 5.91 Å². The molecule has 5 nitrogen and oxygen atoms in total. The summed E-state index contributed by atoms with van der Waals surface area (Å²) in [5.74, 6) is 0.0654. The van der Waals surface area contributed by atoms with Crippen molar-refractivity contribution in [2.45, 2.75) is 26.3 Å². The lowest BCUT2D eigenvalue weighted by Gasteiger charge is -2.19. The molecule has 0 bridgehead atoms. The quantitative estimate of drug-likeness (QED) is 0.738. The summed E-state index contributed by atoms with van der Waals surface area (Å²) >= 11 is 0. The minimum Gasteiger partial charge on any atom is -0.378 e. The monoisotopic (exact) mass is 381 g/mol. The highest BCUT2D eigenvalue weighted by Crippen LogP contribution is 2.21. The maximum absolute atomic E-state index is 12.5. The van der Waals surface area contributed by atoms with Gasteiger partial charge in [0.15, 0.2) is 6.54 Å². The summed E-state index contributed by atoms with van der Waals surface area (Å²) in [7, 11) is 4.08. The van der Waals surface area contributed by atoms with Crippen molar-refractivity contribution in [3.8, 4) is 0 Å². The molecule has 0 radical (unpaired) electrons. The van der Waals surface area contributed by atoms with Crippen LogP contribution in [0.3, 0.4) is 0 Å². The van der Waals surface area contributed by atoms with Gasteiger partial charge in [-0.25, -0.2) is 0 Å². The lowest BCUT2D eigenvalue weighted by Crippen LogP contribution is -3.11. The van der Waals surface area contributed by atoms with Gasteiger partial charge in [-0.3, -0.25) is 4.79 Å². The van der Waals surface area contributed by atoms with Crippen LogP contribution >= 0.6 is 0 Å². The van der Waals surface area contributed by atoms with Crippen LogP contribution in [0.5, 0.6) is 0 Å². The highest BCUT2D eigenvalue weighted by molar-refractivity contribution is 5.91. The first-order chi connectivity index (χ1) is 13.5. The van der Waals surface area contributed by atoms with E-state index < -0.39 is 0 Å². The Hall–Kier alpha value is -2.53. The predicted molar refractivity (Wildman–Crippen MR) is 117 cm³/mol. The van der Waals surface area contributed by atoms with Crippen LogP contribution in [0.2, 0.25) is 0 Å². The van der Waals surface area contributed by atoms with E-state index in [-0.39, 0.29) is 5.91 Å². The number of nitrogens with zero attached hydrogens (tertiary/aromatic N) is 2. The Labute approximate surface area is 168 Å². The number of hydrogen-bond acceptors (Lipinski definition) is 3. The lowest BCUT2D eigenvalue weighted by atomic mass is 10.2. The van der Waals surface area contributed by atoms with Crippen molar-refractivity contribution >= 4 is 23.0 Å². The van der Waals surface area contributed by atoms with Gasteiger partial charge in [-0.05, 0) is 56.2 Å². The highest BCUT2D eigenvalue weighted by atomic mass is 16.2. The third-order valence-corrected chi connectivity index (χ3v) is 5.44. The van der Waals surface area contributed by atoms with E-state index in [2.05, 4.69) is 58.4 Å². The Morgan fingerprint density at radius 1 is 1.04 bits per heavy atom. The maximum Gasteiger partial charge on any atom is 0.279 e. The van der Waals surface area contributed by atoms with Crippen molar-refractivity contribution < 1.29 is 9.69 Å². The first-order valence-corrected chi connectivity index (χ1v) is 10.3. The van der Waals surface area contributed by atoms with Crippen molar-refractivity contribution in [3.63, 3.8) is 0 Å². The molecule has 1 heterocycles. The van der Waals surface area contributed by atoms with Gasteiger partial charge in [0.1, 0.15) is 6.54 Å². The first-order valence-electron chi connectivity index (χ1n) is 10.3. The minimum atomic E-state index is 0.0654. The van der Waals surface area contributed by atoms with E-state index in [9.17, 15) is 4.79 Å². The highest BCUT2D eigenvalue weighted by Gasteiger charge is 2.15. The number of carbonyl (C=O) groups is 1. The van der Waals surface area contributed by atoms with E-state index in [1.165, 1.54) is 34.7 Å². The van der Waals surface area contributed by atoms with Gasteiger partial charge in [-0.1, -0.05) is 12.1 Å². The second kappa shape index (κ2) is 9.60. The molecule has 5 heteroatoms. The third-order valence-electron chi connectivity index (χ3n) is 5.44. The zero-order valence-corrected chi connectivity index (χ0v) is 17.4. The zero-order chi connectivity index (χ0) is 19.9. The number of anilines is 3. The molecule has 0 aliphatic carbocycles. The second-order valence-corrected chi connectivity index (χ2v) is 7.81. The summed E-state index contributed by atoms with van der Waals surface area (Å²) in [6, 6.07) is 16.8. The Kier molecular flexibility index (Phi) is 6.93. The maximum atomic E-state index is 12.5. The van der Waals surface area contributed by atoms with Crippen LogP contribution in [0.1, 0.15) is 25.3 Å². The lowest BCUT2D eigenvalue weighted by molar-refractivity contribution is -0.903. The molecule has 2 N–H and O–H groups in total. The summed E-state index contributed by atoms with van der Waals surface area (Å²) < 4.78 is 0. The molecule has 28 heavy (non-hydrogen) atoms. The fourth-order valence-electron chi connectivity index (χ4n) is 3.68. The van der Waals surface area contributed by atoms with E-state index >= 15 is 0 Å². The Bertz CT molecular complexity index is 749. The summed E-state index contributed by atoms with van der Waals surface area (Å²) in [6.07, 6.45) is 2.54. The van der Waals surface area contributed by atoms with Gasteiger partial charge < -0.3 is 20.0 Å². The van der Waals surface area contributed by atoms with Crippen molar-refractivity contribution in [2.75, 3.05) is 55.4 Å². The molecule has 2 aromatic rings. The number of rotatable bonds is 8. The molecule has 3 rings (SSSR count). The van der Waals surface area contributed by atoms with Crippen molar-refractivity contribution in [1.29, 1.82) is 0 Å². The Balaban J connectivity index is 1.52. The van der Waals surface area contributed by atoms with Crippen LogP contribution in [0.15, 0.2) is 48.5 Å². The minimum absolute atomic E-state index is 0.0654. The summed E-state index contributed by atoms with van der Waals surface area (Å²) in [6.45, 7) is 6.63. The van der Waals surface area contributed by atoms with Crippen LogP contribution in [0.4, 0.5) is 17.1 Å². The van der Waals surface area contributed by atoms with E-state index in [1.807, 2.05) is 26.2 Å². The molecular weight excluding hydrogens is 348 g/mol. The van der Waals surface area contributed by atoms with Gasteiger partial charge in [0.2, 0.25) is 0 Å². The van der Waals surface area contributed by atoms with E-state index in [0.29, 0.717) is 6.54 Å². The van der Waals surface area contributed by atoms with E-state index in [1.54, 1.807) is 0 Å². The number of nitrogens with one attached hydrogen (secondary N) is 2. The van der Waals surface area contributed by atoms with E-state index in [0.717, 1.165) is 31.9 Å². The largest absolute Gasteiger partial charge is 0.378 e. The van der Waals surface area contributed by atoms with Gasteiger partial charge in [0.05, 0.1) is 6.54 Å². The molecule has 2 aromatic carbocycles. The molecule has 0 spiro atoms. The van der Waals surface area contributed by atoms with Crippen LogP contribution < -0.4 is 20.0 Å². The van der Waals surface area contributed by atoms with Crippen LogP contribution in [-0.4, -0.2) is 46.2 Å². The van der Waals surface area contributed by atoms with Gasteiger partial charge >= 0.3 is 0 Å². The molecule has 1 atom stereocenters. The first kappa shape index (κ1) is 20.2. The fraction of sp³-hybridized carbons (Fsp3) is 0.435. The number of likely N-dealkylation sites (N-methyl/N-ethyl adjacent to an activating group) is 1.